The highest BCUT2D eigenvalue weighted by Crippen LogP contribution is 2.29. The fourth-order valence-electron chi connectivity index (χ4n) is 0.823. The van der Waals surface area contributed by atoms with E-state index in [-0.39, 0.29) is 12.5 Å². The van der Waals surface area contributed by atoms with E-state index < -0.39 is 0 Å². The van der Waals surface area contributed by atoms with Gasteiger partial charge in [0.15, 0.2) is 0 Å². The second kappa shape index (κ2) is 3.82. The number of rotatable bonds is 2. The molecule has 3 nitrogen and oxygen atoms in total. The van der Waals surface area contributed by atoms with Crippen LogP contribution in [-0.2, 0) is 9.59 Å². The highest BCUT2D eigenvalue weighted by molar-refractivity contribution is 8.26. The highest BCUT2D eigenvalue weighted by atomic mass is 32.2. The van der Waals surface area contributed by atoms with Crippen molar-refractivity contribution in [1.82, 2.24) is 4.90 Å². The van der Waals surface area contributed by atoms with Crippen molar-refractivity contribution in [1.29, 1.82) is 0 Å². The lowest BCUT2D eigenvalue weighted by atomic mass is 10.4. The molecule has 0 aromatic rings. The van der Waals surface area contributed by atoms with Crippen LogP contribution in [0.2, 0.25) is 0 Å². The third kappa shape index (κ3) is 1.56. The molecule has 0 bridgehead atoms. The van der Waals surface area contributed by atoms with Crippen LogP contribution in [0, 0.1) is 0 Å². The molecule has 12 heavy (non-hydrogen) atoms. The molecular weight excluding hydrogens is 194 g/mol. The molecule has 1 heterocycles. The summed E-state index contributed by atoms with van der Waals surface area (Å²) < 4.78 is 0.459. The van der Waals surface area contributed by atoms with Crippen molar-refractivity contribution in [2.75, 3.05) is 6.54 Å². The zero-order chi connectivity index (χ0) is 9.14. The van der Waals surface area contributed by atoms with Crippen molar-refractivity contribution in [2.45, 2.75) is 6.92 Å². The van der Waals surface area contributed by atoms with Gasteiger partial charge in [0.1, 0.15) is 10.6 Å². The molecule has 0 radical (unpaired) electrons. The molecule has 0 aromatic carbocycles. The summed E-state index contributed by atoms with van der Waals surface area (Å²) in [4.78, 5) is 23.4. The fraction of sp³-hybridized carbons (Fsp3) is 0.286. The van der Waals surface area contributed by atoms with Crippen LogP contribution in [0.4, 0.5) is 0 Å². The van der Waals surface area contributed by atoms with Gasteiger partial charge in [0.2, 0.25) is 0 Å². The Hall–Kier alpha value is -0.680. The molecule has 64 valence electrons. The number of hydrogen-bond acceptors (Lipinski definition) is 4. The first-order chi connectivity index (χ1) is 5.70. The van der Waals surface area contributed by atoms with E-state index in [0.29, 0.717) is 15.5 Å². The summed E-state index contributed by atoms with van der Waals surface area (Å²) in [7, 11) is 0. The summed E-state index contributed by atoms with van der Waals surface area (Å²) in [6.07, 6.45) is 2.37. The predicted molar refractivity (Wildman–Crippen MR) is 51.7 cm³/mol. The Bertz CT molecular complexity index is 273. The van der Waals surface area contributed by atoms with Crippen molar-refractivity contribution < 1.29 is 9.59 Å². The molecule has 0 atom stereocenters. The Balaban J connectivity index is 2.84. The molecule has 0 aliphatic carbocycles. The van der Waals surface area contributed by atoms with Crippen molar-refractivity contribution in [3.8, 4) is 0 Å². The summed E-state index contributed by atoms with van der Waals surface area (Å²) in [6.45, 7) is 1.83. The van der Waals surface area contributed by atoms with Crippen LogP contribution in [0.15, 0.2) is 11.0 Å². The number of nitrogens with zero attached hydrogens (tertiary/aromatic N) is 1. The molecule has 0 unspecified atom stereocenters. The summed E-state index contributed by atoms with van der Waals surface area (Å²) >= 11 is 6.13. The molecular formula is C7H7NO2S2. The number of thiocarbonyl (C=S) groups is 1. The lowest BCUT2D eigenvalue weighted by Crippen LogP contribution is -2.29. The van der Waals surface area contributed by atoms with Crippen LogP contribution < -0.4 is 0 Å². The predicted octanol–water partition coefficient (Wildman–Crippen LogP) is 0.949. The summed E-state index contributed by atoms with van der Waals surface area (Å²) in [6, 6.07) is 0. The molecule has 1 aliphatic rings. The number of hydrogen-bond donors (Lipinski definition) is 0. The first-order valence-electron chi connectivity index (χ1n) is 3.34. The zero-order valence-corrected chi connectivity index (χ0v) is 8.08. The third-order valence-electron chi connectivity index (χ3n) is 1.39. The minimum atomic E-state index is -0.167. The van der Waals surface area contributed by atoms with Gasteiger partial charge in [-0.1, -0.05) is 30.1 Å². The standard InChI is InChI=1S/C7H7NO2S2/c1-2-5-6(10)8(3-4-9)7(11)12-5/h2,4H,3H2,1H3. The van der Waals surface area contributed by atoms with Gasteiger partial charge in [0, 0.05) is 0 Å². The number of thioether (sulfide) groups is 1. The first-order valence-corrected chi connectivity index (χ1v) is 4.56. The van der Waals surface area contributed by atoms with Gasteiger partial charge in [-0.25, -0.2) is 0 Å². The number of allylic oxidation sites excluding steroid dienone is 1. The largest absolute Gasteiger partial charge is 0.301 e. The maximum absolute atomic E-state index is 11.3. The summed E-state index contributed by atoms with van der Waals surface area (Å²) in [5.41, 5.74) is 0. The van der Waals surface area contributed by atoms with E-state index >= 15 is 0 Å². The van der Waals surface area contributed by atoms with Gasteiger partial charge in [-0.05, 0) is 6.92 Å². The molecule has 0 aromatic heterocycles. The van der Waals surface area contributed by atoms with Crippen LogP contribution >= 0.6 is 24.0 Å². The minimum Gasteiger partial charge on any atom is -0.301 e. The second-order valence-corrected chi connectivity index (χ2v) is 3.78. The van der Waals surface area contributed by atoms with Crippen molar-refractivity contribution in [2.24, 2.45) is 0 Å². The highest BCUT2D eigenvalue weighted by Gasteiger charge is 2.30. The van der Waals surface area contributed by atoms with Gasteiger partial charge in [-0.2, -0.15) is 0 Å². The molecule has 1 rings (SSSR count). The topological polar surface area (TPSA) is 37.4 Å². The summed E-state index contributed by atoms with van der Waals surface area (Å²) in [5.74, 6) is -0.167. The monoisotopic (exact) mass is 201 g/mol. The zero-order valence-electron chi connectivity index (χ0n) is 6.44. The second-order valence-electron chi connectivity index (χ2n) is 2.10. The fourth-order valence-corrected chi connectivity index (χ4v) is 2.02. The van der Waals surface area contributed by atoms with Crippen LogP contribution in [-0.4, -0.2) is 28.0 Å². The van der Waals surface area contributed by atoms with Crippen molar-refractivity contribution in [3.63, 3.8) is 0 Å². The number of carbonyl (C=O) groups is 2. The molecule has 1 aliphatic heterocycles. The normalized spacial score (nSPS) is 20.8. The van der Waals surface area contributed by atoms with Gasteiger partial charge in [-0.15, -0.1) is 0 Å². The lowest BCUT2D eigenvalue weighted by Gasteiger charge is -2.08. The molecule has 1 amide bonds. The molecule has 5 heteroatoms. The average molecular weight is 201 g/mol. The van der Waals surface area contributed by atoms with E-state index in [1.165, 1.54) is 16.7 Å². The van der Waals surface area contributed by atoms with Gasteiger partial charge >= 0.3 is 0 Å². The van der Waals surface area contributed by atoms with E-state index in [4.69, 9.17) is 12.2 Å². The molecule has 1 saturated heterocycles. The van der Waals surface area contributed by atoms with E-state index in [1.807, 2.05) is 0 Å². The maximum atomic E-state index is 11.3. The van der Waals surface area contributed by atoms with Crippen LogP contribution in [0.1, 0.15) is 6.92 Å². The average Bonchev–Trinajstić information content (AvgIpc) is 2.32. The minimum absolute atomic E-state index is 0.0575. The Kier molecular flexibility index (Phi) is 2.99. The Labute approximate surface area is 79.8 Å². The Morgan fingerprint density at radius 3 is 2.75 bits per heavy atom. The number of amides is 1. The first kappa shape index (κ1) is 9.41. The van der Waals surface area contributed by atoms with Crippen LogP contribution in [0.5, 0.6) is 0 Å². The molecule has 0 spiro atoms. The van der Waals surface area contributed by atoms with Crippen molar-refractivity contribution in [3.05, 3.63) is 11.0 Å². The van der Waals surface area contributed by atoms with Gasteiger partial charge in [0.05, 0.1) is 11.4 Å². The van der Waals surface area contributed by atoms with E-state index in [9.17, 15) is 9.59 Å². The van der Waals surface area contributed by atoms with E-state index in [0.717, 1.165) is 0 Å². The van der Waals surface area contributed by atoms with Gasteiger partial charge in [-0.3, -0.25) is 9.69 Å². The Morgan fingerprint density at radius 1 is 1.67 bits per heavy atom. The van der Waals surface area contributed by atoms with E-state index in [2.05, 4.69) is 0 Å². The van der Waals surface area contributed by atoms with E-state index in [1.54, 1.807) is 13.0 Å². The number of carbonyl (C=O) groups excluding carboxylic acids is 2. The molecule has 0 saturated carbocycles. The van der Waals surface area contributed by atoms with Gasteiger partial charge < -0.3 is 4.79 Å². The SMILES string of the molecule is CC=C1SC(=S)N(CC=O)C1=O. The smallest absolute Gasteiger partial charge is 0.266 e. The quantitative estimate of drug-likeness (QED) is 0.379. The lowest BCUT2D eigenvalue weighted by molar-refractivity contribution is -0.124. The molecule has 0 N–H and O–H groups in total. The maximum Gasteiger partial charge on any atom is 0.266 e. The summed E-state index contributed by atoms with van der Waals surface area (Å²) in [5, 5.41) is 0. The number of aldehydes is 1. The third-order valence-corrected chi connectivity index (χ3v) is 2.89. The molecule has 1 fully saturated rings. The van der Waals surface area contributed by atoms with Crippen LogP contribution in [0.25, 0.3) is 0 Å². The van der Waals surface area contributed by atoms with Gasteiger partial charge in [0.25, 0.3) is 5.91 Å². The van der Waals surface area contributed by atoms with Crippen LogP contribution in [0.3, 0.4) is 0 Å². The van der Waals surface area contributed by atoms with Crippen molar-refractivity contribution >= 4 is 40.5 Å². The Morgan fingerprint density at radius 2 is 2.33 bits per heavy atom.